The number of carbonyl (C=O) groups is 2. The highest BCUT2D eigenvalue weighted by Gasteiger charge is 2.09. The van der Waals surface area contributed by atoms with Crippen LogP contribution < -0.4 is 20.9 Å². The maximum Gasteiger partial charge on any atom is 0.269 e. The summed E-state index contributed by atoms with van der Waals surface area (Å²) in [6.07, 6.45) is 0. The molecule has 0 saturated carbocycles. The second-order valence-corrected chi connectivity index (χ2v) is 5.77. The summed E-state index contributed by atoms with van der Waals surface area (Å²) in [6.45, 7) is 1.55. The van der Waals surface area contributed by atoms with E-state index in [2.05, 4.69) is 16.2 Å². The minimum Gasteiger partial charge on any atom is -0.484 e. The Bertz CT molecular complexity index is 853. The van der Waals surface area contributed by atoms with Gasteiger partial charge in [0.25, 0.3) is 17.5 Å². The van der Waals surface area contributed by atoms with E-state index < -0.39 is 16.7 Å². The van der Waals surface area contributed by atoms with E-state index in [4.69, 9.17) is 17.0 Å². The summed E-state index contributed by atoms with van der Waals surface area (Å²) in [6, 6.07) is 12.2. The van der Waals surface area contributed by atoms with Gasteiger partial charge in [0.05, 0.1) is 4.92 Å². The Kier molecular flexibility index (Phi) is 6.78. The van der Waals surface area contributed by atoms with Gasteiger partial charge in [-0.2, -0.15) is 0 Å². The molecule has 0 fully saturated rings. The van der Waals surface area contributed by atoms with Crippen LogP contribution in [0.3, 0.4) is 0 Å². The summed E-state index contributed by atoms with van der Waals surface area (Å²) in [5.74, 6) is -0.675. The van der Waals surface area contributed by atoms with Crippen LogP contribution in [0.15, 0.2) is 48.5 Å². The van der Waals surface area contributed by atoms with Crippen molar-refractivity contribution in [1.29, 1.82) is 0 Å². The van der Waals surface area contributed by atoms with Gasteiger partial charge in [-0.15, -0.1) is 0 Å². The van der Waals surface area contributed by atoms with Crippen molar-refractivity contribution in [3.63, 3.8) is 0 Å². The topological polar surface area (TPSA) is 123 Å². The van der Waals surface area contributed by atoms with Gasteiger partial charge < -0.3 is 4.74 Å². The van der Waals surface area contributed by atoms with Gasteiger partial charge in [-0.25, -0.2) is 0 Å². The number of thiocarbonyl (C=S) groups is 1. The zero-order chi connectivity index (χ0) is 19.8. The molecule has 0 atom stereocenters. The molecule has 2 aromatic rings. The van der Waals surface area contributed by atoms with Crippen LogP contribution in [0.4, 0.5) is 5.69 Å². The third-order valence-corrected chi connectivity index (χ3v) is 3.48. The van der Waals surface area contributed by atoms with E-state index in [1.807, 2.05) is 6.92 Å². The van der Waals surface area contributed by atoms with Gasteiger partial charge >= 0.3 is 0 Å². The van der Waals surface area contributed by atoms with E-state index in [9.17, 15) is 19.7 Å². The first-order valence-corrected chi connectivity index (χ1v) is 8.10. The van der Waals surface area contributed by atoms with Crippen molar-refractivity contribution in [2.75, 3.05) is 6.61 Å². The maximum atomic E-state index is 11.9. The van der Waals surface area contributed by atoms with Gasteiger partial charge in [-0.05, 0) is 43.4 Å². The normalized spacial score (nSPS) is 9.81. The van der Waals surface area contributed by atoms with Crippen LogP contribution in [-0.2, 0) is 4.79 Å². The number of nitrogens with one attached hydrogen (secondary N) is 3. The SMILES string of the molecule is Cc1ccc(C(=O)NNC(=S)NC(=O)COc2ccc([N+](=O)[O-])cc2)cc1. The number of aryl methyl sites for hydroxylation is 1. The highest BCUT2D eigenvalue weighted by Crippen LogP contribution is 2.16. The molecule has 0 saturated heterocycles. The van der Waals surface area contributed by atoms with Crippen LogP contribution in [0, 0.1) is 17.0 Å². The number of rotatable bonds is 5. The number of nitro groups is 1. The quantitative estimate of drug-likeness (QED) is 0.404. The number of non-ortho nitro benzene ring substituents is 1. The maximum absolute atomic E-state index is 11.9. The van der Waals surface area contributed by atoms with Crippen molar-refractivity contribution < 1.29 is 19.2 Å². The Balaban J connectivity index is 1.73. The molecule has 0 bridgehead atoms. The molecule has 0 aliphatic carbocycles. The minimum absolute atomic E-state index is 0.0819. The molecule has 0 unspecified atom stereocenters. The van der Waals surface area contributed by atoms with Crippen molar-refractivity contribution in [1.82, 2.24) is 16.2 Å². The summed E-state index contributed by atoms with van der Waals surface area (Å²) in [4.78, 5) is 33.7. The summed E-state index contributed by atoms with van der Waals surface area (Å²) in [7, 11) is 0. The second-order valence-electron chi connectivity index (χ2n) is 5.36. The fourth-order valence-corrected chi connectivity index (χ4v) is 2.06. The Morgan fingerprint density at radius 1 is 1.07 bits per heavy atom. The summed E-state index contributed by atoms with van der Waals surface area (Å²) in [5.41, 5.74) is 6.15. The first-order valence-electron chi connectivity index (χ1n) is 7.69. The van der Waals surface area contributed by atoms with E-state index in [1.165, 1.54) is 24.3 Å². The lowest BCUT2D eigenvalue weighted by Crippen LogP contribution is -2.49. The Hall–Kier alpha value is -3.53. The highest BCUT2D eigenvalue weighted by atomic mass is 32.1. The zero-order valence-electron chi connectivity index (χ0n) is 14.2. The number of hydrogen-bond donors (Lipinski definition) is 3. The Morgan fingerprint density at radius 3 is 2.30 bits per heavy atom. The van der Waals surface area contributed by atoms with Gasteiger partial charge in [-0.1, -0.05) is 17.7 Å². The monoisotopic (exact) mass is 388 g/mol. The largest absolute Gasteiger partial charge is 0.484 e. The Labute approximate surface area is 159 Å². The van der Waals surface area contributed by atoms with E-state index >= 15 is 0 Å². The van der Waals surface area contributed by atoms with Crippen LogP contribution in [0.5, 0.6) is 5.75 Å². The predicted octanol–water partition coefficient (Wildman–Crippen LogP) is 1.62. The lowest BCUT2D eigenvalue weighted by Gasteiger charge is -2.11. The van der Waals surface area contributed by atoms with E-state index in [-0.39, 0.29) is 17.4 Å². The average molecular weight is 388 g/mol. The molecular weight excluding hydrogens is 372 g/mol. The molecule has 3 N–H and O–H groups in total. The summed E-state index contributed by atoms with van der Waals surface area (Å²) >= 11 is 4.91. The van der Waals surface area contributed by atoms with Gasteiger partial charge in [0.15, 0.2) is 11.7 Å². The van der Waals surface area contributed by atoms with Crippen molar-refractivity contribution in [3.05, 3.63) is 69.8 Å². The molecular formula is C17H16N4O5S. The number of benzene rings is 2. The second kappa shape index (κ2) is 9.25. The van der Waals surface area contributed by atoms with Crippen molar-refractivity contribution in [2.24, 2.45) is 0 Å². The van der Waals surface area contributed by atoms with Gasteiger partial charge in [0, 0.05) is 17.7 Å². The van der Waals surface area contributed by atoms with Crippen LogP contribution in [-0.4, -0.2) is 28.5 Å². The third kappa shape index (κ3) is 6.36. The van der Waals surface area contributed by atoms with E-state index in [1.54, 1.807) is 24.3 Å². The fraction of sp³-hybridized carbons (Fsp3) is 0.118. The van der Waals surface area contributed by atoms with Crippen LogP contribution in [0.25, 0.3) is 0 Å². The highest BCUT2D eigenvalue weighted by molar-refractivity contribution is 7.80. The number of nitro benzene ring substituents is 1. The molecule has 0 aromatic heterocycles. The smallest absolute Gasteiger partial charge is 0.269 e. The number of hydrazine groups is 1. The molecule has 0 spiro atoms. The lowest BCUT2D eigenvalue weighted by atomic mass is 10.1. The molecule has 2 amide bonds. The number of carbonyl (C=O) groups excluding carboxylic acids is 2. The van der Waals surface area contributed by atoms with Gasteiger partial charge in [-0.3, -0.25) is 35.9 Å². The molecule has 27 heavy (non-hydrogen) atoms. The zero-order valence-corrected chi connectivity index (χ0v) is 15.0. The molecule has 0 heterocycles. The third-order valence-electron chi connectivity index (χ3n) is 3.27. The van der Waals surface area contributed by atoms with E-state index in [0.29, 0.717) is 11.3 Å². The van der Waals surface area contributed by atoms with Gasteiger partial charge in [0.1, 0.15) is 5.75 Å². The van der Waals surface area contributed by atoms with Crippen LogP contribution in [0.2, 0.25) is 0 Å². The molecule has 2 aromatic carbocycles. The Morgan fingerprint density at radius 2 is 1.70 bits per heavy atom. The number of amides is 2. The molecule has 140 valence electrons. The molecule has 0 aliphatic rings. The fourth-order valence-electron chi connectivity index (χ4n) is 1.90. The standard InChI is InChI=1S/C17H16N4O5S/c1-11-2-4-12(5-3-11)16(23)19-20-17(27)18-15(22)10-26-14-8-6-13(7-9-14)21(24)25/h2-9H,10H2,1H3,(H,19,23)(H2,18,20,22,27). The minimum atomic E-state index is -0.560. The van der Waals surface area contributed by atoms with E-state index in [0.717, 1.165) is 5.56 Å². The van der Waals surface area contributed by atoms with Gasteiger partial charge in [0.2, 0.25) is 0 Å². The molecule has 10 heteroatoms. The molecule has 0 aliphatic heterocycles. The molecule has 9 nitrogen and oxygen atoms in total. The first-order chi connectivity index (χ1) is 12.8. The van der Waals surface area contributed by atoms with Crippen molar-refractivity contribution in [3.8, 4) is 5.75 Å². The van der Waals surface area contributed by atoms with Crippen molar-refractivity contribution in [2.45, 2.75) is 6.92 Å². The predicted molar refractivity (Wildman–Crippen MR) is 101 cm³/mol. The first kappa shape index (κ1) is 19.8. The van der Waals surface area contributed by atoms with Crippen LogP contribution >= 0.6 is 12.2 Å². The summed E-state index contributed by atoms with van der Waals surface area (Å²) in [5, 5.41) is 12.8. The number of hydrogen-bond acceptors (Lipinski definition) is 6. The molecule has 0 radical (unpaired) electrons. The average Bonchev–Trinajstić information content (AvgIpc) is 2.65. The van der Waals surface area contributed by atoms with Crippen LogP contribution in [0.1, 0.15) is 15.9 Å². The number of ether oxygens (including phenoxy) is 1. The molecule has 2 rings (SSSR count). The lowest BCUT2D eigenvalue weighted by molar-refractivity contribution is -0.384. The summed E-state index contributed by atoms with van der Waals surface area (Å²) < 4.78 is 5.20. The number of nitrogens with zero attached hydrogens (tertiary/aromatic N) is 1. The van der Waals surface area contributed by atoms with Crippen molar-refractivity contribution >= 4 is 34.8 Å².